The average Bonchev–Trinajstić information content (AvgIpc) is 2.53. The van der Waals surface area contributed by atoms with Gasteiger partial charge in [0.05, 0.1) is 6.04 Å². The van der Waals surface area contributed by atoms with Gasteiger partial charge >= 0.3 is 0 Å². The highest BCUT2D eigenvalue weighted by atomic mass is 16.2. The van der Waals surface area contributed by atoms with Crippen LogP contribution < -0.4 is 5.32 Å². The molecule has 1 aromatic carbocycles. The van der Waals surface area contributed by atoms with E-state index in [9.17, 15) is 4.79 Å². The zero-order valence-electron chi connectivity index (χ0n) is 12.5. The van der Waals surface area contributed by atoms with Crippen molar-refractivity contribution in [3.8, 4) is 0 Å². The van der Waals surface area contributed by atoms with Crippen molar-refractivity contribution in [1.82, 2.24) is 15.3 Å². The Morgan fingerprint density at radius 3 is 2.50 bits per heavy atom. The third-order valence-corrected chi connectivity index (χ3v) is 4.00. The van der Waals surface area contributed by atoms with Crippen LogP contribution in [0.2, 0.25) is 0 Å². The van der Waals surface area contributed by atoms with E-state index in [4.69, 9.17) is 0 Å². The van der Waals surface area contributed by atoms with E-state index >= 15 is 0 Å². The molecule has 0 radical (unpaired) electrons. The number of amides is 1. The molecule has 0 aromatic heterocycles. The molecule has 1 aromatic rings. The van der Waals surface area contributed by atoms with E-state index in [0.29, 0.717) is 0 Å². The SMILES string of the molecule is CNC(Cc1ccccc1)C(=O)N(C)N1CCCCC1. The van der Waals surface area contributed by atoms with Gasteiger partial charge in [-0.05, 0) is 31.9 Å². The summed E-state index contributed by atoms with van der Waals surface area (Å²) >= 11 is 0. The summed E-state index contributed by atoms with van der Waals surface area (Å²) in [5.41, 5.74) is 1.19. The van der Waals surface area contributed by atoms with Gasteiger partial charge in [-0.2, -0.15) is 0 Å². The van der Waals surface area contributed by atoms with Gasteiger partial charge in [0.15, 0.2) is 0 Å². The monoisotopic (exact) mass is 275 g/mol. The number of piperidine rings is 1. The maximum Gasteiger partial charge on any atom is 0.254 e. The summed E-state index contributed by atoms with van der Waals surface area (Å²) in [6, 6.07) is 10.0. The zero-order chi connectivity index (χ0) is 14.4. The minimum Gasteiger partial charge on any atom is -0.309 e. The maximum atomic E-state index is 12.6. The standard InChI is InChI=1S/C16H25N3O/c1-17-15(13-14-9-5-3-6-10-14)16(20)18(2)19-11-7-4-8-12-19/h3,5-6,9-10,15,17H,4,7-8,11-13H2,1-2H3. The average molecular weight is 275 g/mol. The fourth-order valence-electron chi connectivity index (χ4n) is 2.70. The highest BCUT2D eigenvalue weighted by Gasteiger charge is 2.25. The molecule has 0 saturated carbocycles. The molecular formula is C16H25N3O. The van der Waals surface area contributed by atoms with Gasteiger partial charge in [-0.25, -0.2) is 5.01 Å². The summed E-state index contributed by atoms with van der Waals surface area (Å²) in [6.45, 7) is 1.98. The summed E-state index contributed by atoms with van der Waals surface area (Å²) in [5.74, 6) is 0.151. The third kappa shape index (κ3) is 3.81. The van der Waals surface area contributed by atoms with Crippen molar-refractivity contribution in [2.45, 2.75) is 31.7 Å². The van der Waals surface area contributed by atoms with Crippen molar-refractivity contribution >= 4 is 5.91 Å². The number of hydrogen-bond donors (Lipinski definition) is 1. The molecule has 1 atom stereocenters. The van der Waals surface area contributed by atoms with Crippen LogP contribution in [0.25, 0.3) is 0 Å². The highest BCUT2D eigenvalue weighted by molar-refractivity contribution is 5.81. The molecule has 1 saturated heterocycles. The van der Waals surface area contributed by atoms with Crippen molar-refractivity contribution in [2.75, 3.05) is 27.2 Å². The lowest BCUT2D eigenvalue weighted by atomic mass is 10.1. The van der Waals surface area contributed by atoms with Crippen molar-refractivity contribution in [2.24, 2.45) is 0 Å². The normalized spacial score (nSPS) is 17.7. The molecule has 20 heavy (non-hydrogen) atoms. The van der Waals surface area contributed by atoms with E-state index in [0.717, 1.165) is 19.5 Å². The Kier molecular flexibility index (Phi) is 5.56. The lowest BCUT2D eigenvalue weighted by Gasteiger charge is -2.36. The third-order valence-electron chi connectivity index (χ3n) is 4.00. The predicted molar refractivity (Wildman–Crippen MR) is 81.2 cm³/mol. The van der Waals surface area contributed by atoms with Crippen LogP contribution in [0.5, 0.6) is 0 Å². The Morgan fingerprint density at radius 2 is 1.90 bits per heavy atom. The summed E-state index contributed by atoms with van der Waals surface area (Å²) < 4.78 is 0. The van der Waals surface area contributed by atoms with E-state index in [-0.39, 0.29) is 11.9 Å². The lowest BCUT2D eigenvalue weighted by molar-refractivity contribution is -0.149. The smallest absolute Gasteiger partial charge is 0.254 e. The first-order chi connectivity index (χ1) is 9.72. The Morgan fingerprint density at radius 1 is 1.25 bits per heavy atom. The van der Waals surface area contributed by atoms with Crippen molar-refractivity contribution in [1.29, 1.82) is 0 Å². The predicted octanol–water partition coefficient (Wildman–Crippen LogP) is 1.68. The molecule has 0 aliphatic carbocycles. The molecule has 4 heteroatoms. The first-order valence-electron chi connectivity index (χ1n) is 7.46. The molecular weight excluding hydrogens is 250 g/mol. The molecule has 0 bridgehead atoms. The number of nitrogens with zero attached hydrogens (tertiary/aromatic N) is 2. The van der Waals surface area contributed by atoms with Crippen molar-refractivity contribution in [3.63, 3.8) is 0 Å². The van der Waals surface area contributed by atoms with E-state index in [1.165, 1.54) is 24.8 Å². The molecule has 1 aliphatic rings. The molecule has 1 heterocycles. The van der Waals surface area contributed by atoms with Gasteiger partial charge in [0, 0.05) is 20.1 Å². The molecule has 2 rings (SSSR count). The second-order valence-corrected chi connectivity index (χ2v) is 5.41. The summed E-state index contributed by atoms with van der Waals surface area (Å²) in [5, 5.41) is 7.13. The molecule has 4 nitrogen and oxygen atoms in total. The van der Waals surface area contributed by atoms with E-state index in [2.05, 4.69) is 22.5 Å². The molecule has 1 unspecified atom stereocenters. The Labute approximate surface area is 121 Å². The van der Waals surface area contributed by atoms with E-state index in [1.807, 2.05) is 37.3 Å². The second kappa shape index (κ2) is 7.41. The Balaban J connectivity index is 1.97. The van der Waals surface area contributed by atoms with E-state index in [1.54, 1.807) is 0 Å². The van der Waals surface area contributed by atoms with Gasteiger partial charge in [0.1, 0.15) is 0 Å². The number of benzene rings is 1. The Bertz CT molecular complexity index is 415. The van der Waals surface area contributed by atoms with Gasteiger partial charge in [-0.1, -0.05) is 36.8 Å². The van der Waals surface area contributed by atoms with Gasteiger partial charge in [0.25, 0.3) is 5.91 Å². The topological polar surface area (TPSA) is 35.6 Å². The van der Waals surface area contributed by atoms with Crippen LogP contribution in [0.4, 0.5) is 0 Å². The number of hydrogen-bond acceptors (Lipinski definition) is 3. The Hall–Kier alpha value is -1.39. The fraction of sp³-hybridized carbons (Fsp3) is 0.562. The minimum absolute atomic E-state index is 0.151. The van der Waals surface area contributed by atoms with Crippen LogP contribution in [0.15, 0.2) is 30.3 Å². The fourth-order valence-corrected chi connectivity index (χ4v) is 2.70. The first kappa shape index (κ1) is 15.0. The largest absolute Gasteiger partial charge is 0.309 e. The van der Waals surface area contributed by atoms with Crippen molar-refractivity contribution in [3.05, 3.63) is 35.9 Å². The molecule has 110 valence electrons. The number of hydrazine groups is 1. The van der Waals surface area contributed by atoms with Crippen molar-refractivity contribution < 1.29 is 4.79 Å². The maximum absolute atomic E-state index is 12.6. The van der Waals surface area contributed by atoms with Gasteiger partial charge < -0.3 is 5.32 Å². The van der Waals surface area contributed by atoms with Gasteiger partial charge in [0.2, 0.25) is 0 Å². The van der Waals surface area contributed by atoms with Crippen LogP contribution in [0.3, 0.4) is 0 Å². The second-order valence-electron chi connectivity index (χ2n) is 5.41. The number of likely N-dealkylation sites (N-methyl/N-ethyl adjacent to an activating group) is 2. The first-order valence-corrected chi connectivity index (χ1v) is 7.46. The highest BCUT2D eigenvalue weighted by Crippen LogP contribution is 2.12. The van der Waals surface area contributed by atoms with Crippen LogP contribution in [0.1, 0.15) is 24.8 Å². The molecule has 1 aliphatic heterocycles. The van der Waals surface area contributed by atoms with Crippen LogP contribution >= 0.6 is 0 Å². The summed E-state index contributed by atoms with van der Waals surface area (Å²) in [4.78, 5) is 12.6. The zero-order valence-corrected chi connectivity index (χ0v) is 12.5. The molecule has 1 fully saturated rings. The van der Waals surface area contributed by atoms with Crippen LogP contribution in [0, 0.1) is 0 Å². The lowest BCUT2D eigenvalue weighted by Crippen LogP contribution is -2.53. The van der Waals surface area contributed by atoms with E-state index < -0.39 is 0 Å². The number of rotatable bonds is 5. The number of carbonyl (C=O) groups is 1. The molecule has 1 amide bonds. The molecule has 0 spiro atoms. The minimum atomic E-state index is -0.163. The van der Waals surface area contributed by atoms with Crippen LogP contribution in [-0.4, -0.2) is 49.2 Å². The van der Waals surface area contributed by atoms with Crippen LogP contribution in [-0.2, 0) is 11.2 Å². The molecule has 1 N–H and O–H groups in total. The summed E-state index contributed by atoms with van der Waals surface area (Å²) in [6.07, 6.45) is 4.37. The summed E-state index contributed by atoms with van der Waals surface area (Å²) in [7, 11) is 3.75. The van der Waals surface area contributed by atoms with Gasteiger partial charge in [-0.3, -0.25) is 9.80 Å². The quantitative estimate of drug-likeness (QED) is 0.888. The number of carbonyl (C=O) groups excluding carboxylic acids is 1. The number of nitrogens with one attached hydrogen (secondary N) is 1. The van der Waals surface area contributed by atoms with Gasteiger partial charge in [-0.15, -0.1) is 0 Å².